The van der Waals surface area contributed by atoms with E-state index in [-0.39, 0.29) is 11.7 Å². The van der Waals surface area contributed by atoms with Crippen LogP contribution in [-0.4, -0.2) is 35.5 Å². The quantitative estimate of drug-likeness (QED) is 0.472. The van der Waals surface area contributed by atoms with Crippen LogP contribution in [0.25, 0.3) is 0 Å². The summed E-state index contributed by atoms with van der Waals surface area (Å²) in [6.45, 7) is 0.804. The van der Waals surface area contributed by atoms with Gasteiger partial charge in [-0.25, -0.2) is 0 Å². The van der Waals surface area contributed by atoms with Crippen LogP contribution in [0.2, 0.25) is 5.02 Å². The van der Waals surface area contributed by atoms with Crippen molar-refractivity contribution in [2.24, 2.45) is 0 Å². The lowest BCUT2D eigenvalue weighted by Crippen LogP contribution is -2.13. The molecule has 2 N–H and O–H groups in total. The van der Waals surface area contributed by atoms with E-state index in [9.17, 15) is 4.79 Å². The van der Waals surface area contributed by atoms with Crippen LogP contribution in [0.5, 0.6) is 5.75 Å². The van der Waals surface area contributed by atoms with Crippen LogP contribution in [0.3, 0.4) is 0 Å². The van der Waals surface area contributed by atoms with E-state index in [1.54, 1.807) is 36.6 Å². The van der Waals surface area contributed by atoms with Gasteiger partial charge in [-0.2, -0.15) is 0 Å². The average molecular weight is 441 g/mol. The van der Waals surface area contributed by atoms with Crippen molar-refractivity contribution < 1.29 is 9.53 Å². The maximum Gasteiger partial charge on any atom is 0.234 e. The second-order valence-electron chi connectivity index (χ2n) is 5.32. The third-order valence-corrected chi connectivity index (χ3v) is 6.64. The van der Waals surface area contributed by atoms with Gasteiger partial charge < -0.3 is 15.4 Å². The van der Waals surface area contributed by atoms with Gasteiger partial charge in [0.15, 0.2) is 4.34 Å². The molecule has 0 saturated heterocycles. The van der Waals surface area contributed by atoms with Gasteiger partial charge in [0.25, 0.3) is 0 Å². The van der Waals surface area contributed by atoms with Crippen LogP contribution >= 0.6 is 46.0 Å². The Hall–Kier alpha value is -1.81. The van der Waals surface area contributed by atoms with Crippen molar-refractivity contribution in [1.29, 1.82) is 0 Å². The largest absolute Gasteiger partial charge is 0.495 e. The Balaban J connectivity index is 1.42. The van der Waals surface area contributed by atoms with Crippen molar-refractivity contribution in [3.63, 3.8) is 0 Å². The Bertz CT molecular complexity index is 886. The first kappa shape index (κ1) is 19.9. The Morgan fingerprint density at radius 1 is 1.33 bits per heavy atom. The minimum Gasteiger partial charge on any atom is -0.495 e. The summed E-state index contributed by atoms with van der Waals surface area (Å²) in [7, 11) is 1.55. The van der Waals surface area contributed by atoms with Gasteiger partial charge in [0.2, 0.25) is 11.0 Å². The number of thiophene rings is 1. The minimum absolute atomic E-state index is 0.136. The van der Waals surface area contributed by atoms with E-state index in [1.807, 2.05) is 6.07 Å². The van der Waals surface area contributed by atoms with Crippen LogP contribution in [0.4, 0.5) is 10.8 Å². The number of carbonyl (C=O) groups is 1. The van der Waals surface area contributed by atoms with Gasteiger partial charge >= 0.3 is 0 Å². The molecule has 0 atom stereocenters. The molecule has 0 fully saturated rings. The molecule has 0 spiro atoms. The summed E-state index contributed by atoms with van der Waals surface area (Å²) in [5, 5.41) is 17.5. The molecule has 1 amide bonds. The van der Waals surface area contributed by atoms with Gasteiger partial charge in [-0.15, -0.1) is 21.5 Å². The van der Waals surface area contributed by atoms with E-state index in [1.165, 1.54) is 28.0 Å². The molecule has 3 aromatic rings. The van der Waals surface area contributed by atoms with Gasteiger partial charge in [-0.05, 0) is 36.1 Å². The zero-order chi connectivity index (χ0) is 19.1. The number of anilines is 2. The lowest BCUT2D eigenvalue weighted by Gasteiger charge is -2.07. The highest BCUT2D eigenvalue weighted by atomic mass is 35.5. The fraction of sp³-hybridized carbons (Fsp3) is 0.235. The number of amides is 1. The smallest absolute Gasteiger partial charge is 0.234 e. The number of hydrogen-bond donors (Lipinski definition) is 2. The Morgan fingerprint density at radius 3 is 2.96 bits per heavy atom. The van der Waals surface area contributed by atoms with Crippen molar-refractivity contribution in [3.05, 3.63) is 45.6 Å². The number of nitrogens with zero attached hydrogens (tertiary/aromatic N) is 2. The summed E-state index contributed by atoms with van der Waals surface area (Å²) in [6, 6.07) is 9.27. The number of benzene rings is 1. The maximum atomic E-state index is 12.1. The number of halogens is 1. The van der Waals surface area contributed by atoms with Gasteiger partial charge in [-0.1, -0.05) is 40.8 Å². The Kier molecular flexibility index (Phi) is 7.33. The van der Waals surface area contributed by atoms with Crippen LogP contribution in [0.15, 0.2) is 40.1 Å². The second-order valence-corrected chi connectivity index (χ2v) is 8.95. The summed E-state index contributed by atoms with van der Waals surface area (Å²) in [5.74, 6) is 0.675. The molecule has 0 aliphatic rings. The highest BCUT2D eigenvalue weighted by Gasteiger charge is 2.10. The zero-order valence-corrected chi connectivity index (χ0v) is 17.6. The lowest BCUT2D eigenvalue weighted by molar-refractivity contribution is -0.113. The molecule has 2 aromatic heterocycles. The second kappa shape index (κ2) is 9.93. The van der Waals surface area contributed by atoms with Crippen LogP contribution in [0.1, 0.15) is 4.88 Å². The predicted molar refractivity (Wildman–Crippen MR) is 114 cm³/mol. The molecule has 0 saturated carbocycles. The van der Waals surface area contributed by atoms with E-state index in [0.29, 0.717) is 16.5 Å². The molecular formula is C17H17ClN4O2S3. The van der Waals surface area contributed by atoms with Crippen LogP contribution in [0, 0.1) is 0 Å². The first-order chi connectivity index (χ1) is 13.1. The number of carbonyl (C=O) groups excluding carboxylic acids is 1. The Labute approximate surface area is 174 Å². The minimum atomic E-state index is -0.136. The first-order valence-corrected chi connectivity index (χ1v) is 11.1. The molecule has 1 aromatic carbocycles. The molecule has 10 heteroatoms. The number of nitrogens with one attached hydrogen (secondary N) is 2. The summed E-state index contributed by atoms with van der Waals surface area (Å²) in [5.41, 5.74) is 0.625. The van der Waals surface area contributed by atoms with Gasteiger partial charge in [0.05, 0.1) is 17.9 Å². The molecular weight excluding hydrogens is 424 g/mol. The third kappa shape index (κ3) is 6.10. The van der Waals surface area contributed by atoms with E-state index in [2.05, 4.69) is 32.3 Å². The van der Waals surface area contributed by atoms with Crippen molar-refractivity contribution in [2.45, 2.75) is 10.8 Å². The normalized spacial score (nSPS) is 10.6. The van der Waals surface area contributed by atoms with Crippen molar-refractivity contribution in [2.75, 3.05) is 30.0 Å². The molecule has 0 radical (unpaired) electrons. The predicted octanol–water partition coefficient (Wildman–Crippen LogP) is 4.65. The molecule has 3 rings (SSSR count). The monoisotopic (exact) mass is 440 g/mol. The first-order valence-electron chi connectivity index (χ1n) is 8.00. The summed E-state index contributed by atoms with van der Waals surface area (Å²) in [6.07, 6.45) is 0.951. The number of ether oxygens (including phenoxy) is 1. The van der Waals surface area contributed by atoms with Gasteiger partial charge in [-0.3, -0.25) is 4.79 Å². The van der Waals surface area contributed by atoms with E-state index < -0.39 is 0 Å². The fourth-order valence-corrected chi connectivity index (χ4v) is 4.70. The standard InChI is InChI=1S/C17H17ClN4O2S3/c1-24-14-5-4-11(9-13(14)18)20-15(23)10-26-17-22-21-16(27-17)19-7-6-12-3-2-8-25-12/h2-5,8-9H,6-7,10H2,1H3,(H,19,21)(H,20,23). The summed E-state index contributed by atoms with van der Waals surface area (Å²) in [4.78, 5) is 13.4. The number of aromatic nitrogens is 2. The SMILES string of the molecule is COc1ccc(NC(=O)CSc2nnc(NCCc3cccs3)s2)cc1Cl. The van der Waals surface area contributed by atoms with E-state index in [0.717, 1.165) is 22.4 Å². The topological polar surface area (TPSA) is 76.1 Å². The maximum absolute atomic E-state index is 12.1. The molecule has 142 valence electrons. The Morgan fingerprint density at radius 2 is 2.22 bits per heavy atom. The molecule has 0 bridgehead atoms. The van der Waals surface area contributed by atoms with Gasteiger partial charge in [0, 0.05) is 17.1 Å². The van der Waals surface area contributed by atoms with Crippen molar-refractivity contribution in [1.82, 2.24) is 10.2 Å². The number of thioether (sulfide) groups is 1. The highest BCUT2D eigenvalue weighted by Crippen LogP contribution is 2.28. The fourth-order valence-electron chi connectivity index (χ4n) is 2.16. The molecule has 6 nitrogen and oxygen atoms in total. The van der Waals surface area contributed by atoms with Crippen LogP contribution in [-0.2, 0) is 11.2 Å². The number of hydrogen-bond acceptors (Lipinski definition) is 8. The molecule has 27 heavy (non-hydrogen) atoms. The lowest BCUT2D eigenvalue weighted by atomic mass is 10.3. The summed E-state index contributed by atoms with van der Waals surface area (Å²) >= 11 is 10.6. The van der Waals surface area contributed by atoms with Crippen LogP contribution < -0.4 is 15.4 Å². The number of methoxy groups -OCH3 is 1. The molecule has 0 unspecified atom stereocenters. The van der Waals surface area contributed by atoms with Crippen molar-refractivity contribution >= 4 is 62.8 Å². The third-order valence-electron chi connectivity index (χ3n) is 3.40. The molecule has 0 aliphatic carbocycles. The number of rotatable bonds is 9. The highest BCUT2D eigenvalue weighted by molar-refractivity contribution is 8.01. The van der Waals surface area contributed by atoms with E-state index >= 15 is 0 Å². The average Bonchev–Trinajstić information content (AvgIpc) is 3.32. The zero-order valence-electron chi connectivity index (χ0n) is 14.4. The van der Waals surface area contributed by atoms with E-state index in [4.69, 9.17) is 16.3 Å². The molecule has 0 aliphatic heterocycles. The molecule has 2 heterocycles. The van der Waals surface area contributed by atoms with Gasteiger partial charge in [0.1, 0.15) is 5.75 Å². The summed E-state index contributed by atoms with van der Waals surface area (Å²) < 4.78 is 5.84. The van der Waals surface area contributed by atoms with Crippen molar-refractivity contribution in [3.8, 4) is 5.75 Å².